The molecule has 0 aliphatic carbocycles. The van der Waals surface area contributed by atoms with Crippen LogP contribution in [0.25, 0.3) is 10.9 Å². The van der Waals surface area contributed by atoms with Crippen molar-refractivity contribution in [1.29, 1.82) is 0 Å². The molecule has 1 aromatic carbocycles. The van der Waals surface area contributed by atoms with Crippen molar-refractivity contribution in [3.63, 3.8) is 0 Å². The van der Waals surface area contributed by atoms with E-state index in [1.54, 1.807) is 6.20 Å². The Morgan fingerprint density at radius 1 is 1.43 bits per heavy atom. The quantitative estimate of drug-likeness (QED) is 0.729. The maximum atomic E-state index is 5.43. The molecule has 14 heavy (non-hydrogen) atoms. The number of nitrogens with zero attached hydrogens (tertiary/aromatic N) is 1. The van der Waals surface area contributed by atoms with E-state index < -0.39 is 0 Å². The zero-order valence-electron chi connectivity index (χ0n) is 7.90. The van der Waals surface area contributed by atoms with Gasteiger partial charge in [-0.25, -0.2) is 0 Å². The van der Waals surface area contributed by atoms with Crippen LogP contribution in [-0.2, 0) is 18.6 Å². The number of pyridine rings is 1. The number of benzene rings is 1. The van der Waals surface area contributed by atoms with E-state index >= 15 is 0 Å². The van der Waals surface area contributed by atoms with Crippen molar-refractivity contribution < 1.29 is 23.3 Å². The van der Waals surface area contributed by atoms with E-state index in [4.69, 9.17) is 4.74 Å². The molecule has 1 heterocycles. The summed E-state index contributed by atoms with van der Waals surface area (Å²) < 4.78 is 5.43. The molecule has 0 N–H and O–H groups in total. The molecule has 2 nitrogen and oxygen atoms in total. The molecule has 0 bridgehead atoms. The van der Waals surface area contributed by atoms with E-state index in [0.717, 1.165) is 16.7 Å². The molecule has 0 saturated carbocycles. The summed E-state index contributed by atoms with van der Waals surface area (Å²) in [5, 5.41) is 1.06. The third kappa shape index (κ3) is 2.09. The molecule has 0 atom stereocenters. The zero-order valence-corrected chi connectivity index (χ0v) is 9.29. The van der Waals surface area contributed by atoms with Crippen LogP contribution in [0.4, 0.5) is 0 Å². The number of fused-ring (bicyclic) bond motifs is 1. The van der Waals surface area contributed by atoms with Gasteiger partial charge >= 0.3 is 0 Å². The van der Waals surface area contributed by atoms with Gasteiger partial charge in [-0.15, -0.1) is 17.5 Å². The maximum Gasteiger partial charge on any atom is 0.0687 e. The summed E-state index contributed by atoms with van der Waals surface area (Å²) in [5.74, 6) is 0.806. The first-order chi connectivity index (χ1) is 6.42. The van der Waals surface area contributed by atoms with Crippen molar-refractivity contribution in [2.45, 2.75) is 6.92 Å². The number of hydrogen-bond donors (Lipinski definition) is 0. The first-order valence-electron chi connectivity index (χ1n) is 4.29. The van der Waals surface area contributed by atoms with E-state index in [1.165, 1.54) is 0 Å². The molecule has 3 heteroatoms. The van der Waals surface area contributed by atoms with Crippen molar-refractivity contribution >= 4 is 10.9 Å². The SMILES string of the molecule is CCOc1c[c-]cc2cccnc12.[V]. The summed E-state index contributed by atoms with van der Waals surface area (Å²) in [4.78, 5) is 4.25. The molecule has 1 aromatic heterocycles. The minimum atomic E-state index is 0. The monoisotopic (exact) mass is 223 g/mol. The first-order valence-corrected chi connectivity index (χ1v) is 4.29. The van der Waals surface area contributed by atoms with Gasteiger partial charge in [0.25, 0.3) is 0 Å². The standard InChI is InChI=1S/C11H10NO.V/c1-2-13-10-7-3-5-9-6-4-8-12-11(9)10;/h4-8H,2H2,1H3;/q-1;. The van der Waals surface area contributed by atoms with Crippen LogP contribution in [0.2, 0.25) is 0 Å². The van der Waals surface area contributed by atoms with E-state index in [0.29, 0.717) is 6.61 Å². The number of aromatic nitrogens is 1. The van der Waals surface area contributed by atoms with E-state index in [1.807, 2.05) is 31.2 Å². The maximum absolute atomic E-state index is 5.43. The van der Waals surface area contributed by atoms with Crippen LogP contribution in [0.3, 0.4) is 0 Å². The molecular formula is C11H10NOV-. The van der Waals surface area contributed by atoms with Gasteiger partial charge in [0.05, 0.1) is 6.61 Å². The number of rotatable bonds is 2. The molecule has 2 aromatic rings. The fraction of sp³-hybridized carbons (Fsp3) is 0.182. The summed E-state index contributed by atoms with van der Waals surface area (Å²) in [5.41, 5.74) is 0.906. The Hall–Kier alpha value is -0.986. The van der Waals surface area contributed by atoms with Gasteiger partial charge in [0.1, 0.15) is 0 Å². The number of ether oxygens (including phenoxy) is 1. The van der Waals surface area contributed by atoms with Gasteiger partial charge in [-0.2, -0.15) is 12.1 Å². The fourth-order valence-corrected chi connectivity index (χ4v) is 1.28. The Morgan fingerprint density at radius 2 is 2.29 bits per heavy atom. The smallest absolute Gasteiger partial charge is 0.0687 e. The van der Waals surface area contributed by atoms with Crippen LogP contribution in [0, 0.1) is 6.07 Å². The van der Waals surface area contributed by atoms with Gasteiger partial charge in [-0.05, 0) is 6.92 Å². The molecular weight excluding hydrogens is 213 g/mol. The van der Waals surface area contributed by atoms with Gasteiger partial charge in [0.15, 0.2) is 0 Å². The minimum Gasteiger partial charge on any atom is -0.549 e. The zero-order chi connectivity index (χ0) is 9.10. The van der Waals surface area contributed by atoms with Crippen LogP contribution < -0.4 is 4.74 Å². The average molecular weight is 223 g/mol. The second-order valence-electron chi connectivity index (χ2n) is 2.69. The summed E-state index contributed by atoms with van der Waals surface area (Å²) >= 11 is 0. The largest absolute Gasteiger partial charge is 0.549 e. The topological polar surface area (TPSA) is 22.1 Å². The normalized spacial score (nSPS) is 9.50. The van der Waals surface area contributed by atoms with Gasteiger partial charge in [0, 0.05) is 36.0 Å². The third-order valence-corrected chi connectivity index (χ3v) is 1.83. The second-order valence-corrected chi connectivity index (χ2v) is 2.69. The molecule has 2 rings (SSSR count). The van der Waals surface area contributed by atoms with E-state index in [9.17, 15) is 0 Å². The van der Waals surface area contributed by atoms with Gasteiger partial charge in [0.2, 0.25) is 0 Å². The van der Waals surface area contributed by atoms with Crippen LogP contribution >= 0.6 is 0 Å². The van der Waals surface area contributed by atoms with E-state index in [-0.39, 0.29) is 18.6 Å². The molecule has 1 radical (unpaired) electrons. The summed E-state index contributed by atoms with van der Waals surface area (Å²) in [7, 11) is 0. The molecule has 0 saturated heterocycles. The predicted octanol–water partition coefficient (Wildman–Crippen LogP) is 2.43. The Labute approximate surface area is 95.2 Å². The Bertz CT molecular complexity index is 411. The van der Waals surface area contributed by atoms with Crippen LogP contribution in [0.5, 0.6) is 5.75 Å². The minimum absolute atomic E-state index is 0. The van der Waals surface area contributed by atoms with Gasteiger partial charge in [-0.1, -0.05) is 6.07 Å². The third-order valence-electron chi connectivity index (χ3n) is 1.83. The fourth-order valence-electron chi connectivity index (χ4n) is 1.28. The van der Waals surface area contributed by atoms with Crippen molar-refractivity contribution in [3.8, 4) is 5.75 Å². The second kappa shape index (κ2) is 5.03. The molecule has 0 unspecified atom stereocenters. The summed E-state index contributed by atoms with van der Waals surface area (Å²) in [6.07, 6.45) is 1.77. The Morgan fingerprint density at radius 3 is 3.07 bits per heavy atom. The first kappa shape index (κ1) is 11.1. The van der Waals surface area contributed by atoms with Crippen LogP contribution in [0.15, 0.2) is 30.5 Å². The summed E-state index contributed by atoms with van der Waals surface area (Å²) in [6, 6.07) is 10.7. The van der Waals surface area contributed by atoms with Crippen molar-refractivity contribution in [2.75, 3.05) is 6.61 Å². The molecule has 0 fully saturated rings. The van der Waals surface area contributed by atoms with Gasteiger partial charge < -0.3 is 4.74 Å². The molecule has 71 valence electrons. The van der Waals surface area contributed by atoms with Crippen molar-refractivity contribution in [3.05, 3.63) is 36.5 Å². The van der Waals surface area contributed by atoms with Crippen LogP contribution in [-0.4, -0.2) is 11.6 Å². The van der Waals surface area contributed by atoms with Crippen molar-refractivity contribution in [2.24, 2.45) is 0 Å². The predicted molar refractivity (Wildman–Crippen MR) is 51.7 cm³/mol. The molecule has 0 aliphatic heterocycles. The molecule has 0 spiro atoms. The Kier molecular flexibility index (Phi) is 3.99. The van der Waals surface area contributed by atoms with Gasteiger partial charge in [-0.3, -0.25) is 4.98 Å². The number of hydrogen-bond acceptors (Lipinski definition) is 2. The van der Waals surface area contributed by atoms with Crippen LogP contribution in [0.1, 0.15) is 6.92 Å². The van der Waals surface area contributed by atoms with E-state index in [2.05, 4.69) is 11.1 Å². The average Bonchev–Trinajstić information content (AvgIpc) is 2.19. The molecule has 0 amide bonds. The van der Waals surface area contributed by atoms with Crippen molar-refractivity contribution in [1.82, 2.24) is 4.98 Å². The Balaban J connectivity index is 0.000000980. The summed E-state index contributed by atoms with van der Waals surface area (Å²) in [6.45, 7) is 2.62. The molecule has 0 aliphatic rings.